The molecule has 1 N–H and O–H groups in total. The maximum absolute atomic E-state index is 12.1. The van der Waals surface area contributed by atoms with E-state index in [9.17, 15) is 13.2 Å². The lowest BCUT2D eigenvalue weighted by Crippen LogP contribution is -2.18. The Bertz CT molecular complexity index is 393. The van der Waals surface area contributed by atoms with Gasteiger partial charge in [0.25, 0.3) is 0 Å². The number of halogens is 5. The molecule has 0 radical (unpaired) electrons. The second kappa shape index (κ2) is 6.91. The highest BCUT2D eigenvalue weighted by Crippen LogP contribution is 2.31. The van der Waals surface area contributed by atoms with E-state index in [1.807, 2.05) is 18.2 Å². The summed E-state index contributed by atoms with van der Waals surface area (Å²) in [7, 11) is 1.76. The first-order valence-electron chi connectivity index (χ1n) is 5.52. The Morgan fingerprint density at radius 1 is 1.28 bits per heavy atom. The van der Waals surface area contributed by atoms with E-state index in [1.54, 1.807) is 7.05 Å². The van der Waals surface area contributed by atoms with Crippen molar-refractivity contribution in [2.24, 2.45) is 0 Å². The second-order valence-corrected chi connectivity index (χ2v) is 5.78. The molecule has 1 unspecified atom stereocenters. The van der Waals surface area contributed by atoms with E-state index in [0.29, 0.717) is 6.42 Å². The fourth-order valence-corrected chi connectivity index (χ4v) is 2.65. The quantitative estimate of drug-likeness (QED) is 0.730. The maximum Gasteiger partial charge on any atom is 0.389 e. The largest absolute Gasteiger partial charge is 0.389 e. The van der Waals surface area contributed by atoms with Crippen molar-refractivity contribution in [3.05, 3.63) is 32.7 Å². The Morgan fingerprint density at radius 3 is 2.50 bits per heavy atom. The predicted octanol–water partition coefficient (Wildman–Crippen LogP) is 5.20. The van der Waals surface area contributed by atoms with Gasteiger partial charge in [-0.25, -0.2) is 0 Å². The minimum Gasteiger partial charge on any atom is -0.313 e. The third-order valence-corrected chi connectivity index (χ3v) is 3.85. The summed E-state index contributed by atoms with van der Waals surface area (Å²) in [5.74, 6) is 0. The first-order chi connectivity index (χ1) is 8.33. The van der Waals surface area contributed by atoms with Crippen molar-refractivity contribution in [2.45, 2.75) is 31.5 Å². The molecule has 1 nitrogen and oxygen atoms in total. The molecule has 18 heavy (non-hydrogen) atoms. The van der Waals surface area contributed by atoms with Crippen molar-refractivity contribution in [1.29, 1.82) is 0 Å². The summed E-state index contributed by atoms with van der Waals surface area (Å²) < 4.78 is 38.2. The lowest BCUT2D eigenvalue weighted by atomic mass is 10.0. The zero-order chi connectivity index (χ0) is 13.8. The molecule has 0 aromatic heterocycles. The van der Waals surface area contributed by atoms with Crippen LogP contribution in [0.4, 0.5) is 13.2 Å². The Kier molecular flexibility index (Phi) is 6.14. The van der Waals surface area contributed by atoms with Gasteiger partial charge in [-0.2, -0.15) is 13.2 Å². The Hall–Kier alpha value is -0.0700. The van der Waals surface area contributed by atoms with Crippen molar-refractivity contribution in [1.82, 2.24) is 5.32 Å². The molecule has 0 aliphatic carbocycles. The Labute approximate surface area is 121 Å². The number of rotatable bonds is 5. The van der Waals surface area contributed by atoms with Gasteiger partial charge in [0.2, 0.25) is 0 Å². The summed E-state index contributed by atoms with van der Waals surface area (Å²) >= 11 is 6.79. The van der Waals surface area contributed by atoms with Gasteiger partial charge in [-0.15, -0.1) is 0 Å². The molecule has 0 aliphatic heterocycles. The predicted molar refractivity (Wildman–Crippen MR) is 73.5 cm³/mol. The zero-order valence-electron chi connectivity index (χ0n) is 9.82. The monoisotopic (exact) mass is 387 g/mol. The number of alkyl halides is 3. The van der Waals surface area contributed by atoms with Crippen LogP contribution in [0.25, 0.3) is 0 Å². The number of hydrogen-bond donors (Lipinski definition) is 1. The molecule has 0 amide bonds. The summed E-state index contributed by atoms with van der Waals surface area (Å²) in [6.45, 7) is 0. The second-order valence-electron chi connectivity index (χ2n) is 4.01. The van der Waals surface area contributed by atoms with Crippen LogP contribution in [-0.4, -0.2) is 13.2 Å². The highest BCUT2D eigenvalue weighted by Gasteiger charge is 2.27. The first kappa shape index (κ1) is 16.0. The van der Waals surface area contributed by atoms with Crippen LogP contribution >= 0.6 is 31.9 Å². The van der Waals surface area contributed by atoms with Gasteiger partial charge < -0.3 is 5.32 Å². The van der Waals surface area contributed by atoms with E-state index in [-0.39, 0.29) is 12.5 Å². The summed E-state index contributed by atoms with van der Waals surface area (Å²) in [5, 5.41) is 3.05. The van der Waals surface area contributed by atoms with Crippen LogP contribution in [-0.2, 0) is 0 Å². The van der Waals surface area contributed by atoms with E-state index in [2.05, 4.69) is 37.2 Å². The molecular weight excluding hydrogens is 375 g/mol. The van der Waals surface area contributed by atoms with E-state index in [0.717, 1.165) is 14.5 Å². The topological polar surface area (TPSA) is 12.0 Å². The van der Waals surface area contributed by atoms with Gasteiger partial charge in [0.15, 0.2) is 0 Å². The molecule has 0 saturated carbocycles. The maximum atomic E-state index is 12.1. The van der Waals surface area contributed by atoms with Crippen LogP contribution in [0.15, 0.2) is 27.1 Å². The van der Waals surface area contributed by atoms with Gasteiger partial charge in [0.1, 0.15) is 0 Å². The SMILES string of the molecule is CNC(CCCC(F)(F)F)c1cc(Br)ccc1Br. The Balaban J connectivity index is 2.68. The van der Waals surface area contributed by atoms with Crippen molar-refractivity contribution >= 4 is 31.9 Å². The number of nitrogens with one attached hydrogen (secondary N) is 1. The molecule has 1 rings (SSSR count). The molecule has 0 heterocycles. The van der Waals surface area contributed by atoms with E-state index in [1.165, 1.54) is 0 Å². The van der Waals surface area contributed by atoms with Crippen molar-refractivity contribution in [3.63, 3.8) is 0 Å². The standard InChI is InChI=1S/C12H14Br2F3N/c1-18-11(3-2-6-12(15,16)17)9-7-8(13)4-5-10(9)14/h4-5,7,11,18H,2-3,6H2,1H3. The van der Waals surface area contributed by atoms with E-state index >= 15 is 0 Å². The molecule has 0 fully saturated rings. The molecule has 0 aliphatic rings. The molecule has 0 spiro atoms. The molecule has 1 atom stereocenters. The lowest BCUT2D eigenvalue weighted by molar-refractivity contribution is -0.135. The van der Waals surface area contributed by atoms with Gasteiger partial charge >= 0.3 is 6.18 Å². The van der Waals surface area contributed by atoms with Gasteiger partial charge in [0.05, 0.1) is 0 Å². The summed E-state index contributed by atoms with van der Waals surface area (Å²) in [6.07, 6.45) is -4.25. The average molecular weight is 389 g/mol. The van der Waals surface area contributed by atoms with Crippen molar-refractivity contribution < 1.29 is 13.2 Å². The summed E-state index contributed by atoms with van der Waals surface area (Å²) in [4.78, 5) is 0. The minimum atomic E-state index is -4.08. The Morgan fingerprint density at radius 2 is 1.94 bits per heavy atom. The fourth-order valence-electron chi connectivity index (χ4n) is 1.74. The van der Waals surface area contributed by atoms with E-state index in [4.69, 9.17) is 0 Å². The minimum absolute atomic E-state index is 0.0841. The number of hydrogen-bond acceptors (Lipinski definition) is 1. The number of benzene rings is 1. The van der Waals surface area contributed by atoms with Crippen LogP contribution in [0.1, 0.15) is 30.9 Å². The molecule has 102 valence electrons. The van der Waals surface area contributed by atoms with Gasteiger partial charge in [-0.3, -0.25) is 0 Å². The van der Waals surface area contributed by atoms with Gasteiger partial charge in [-0.05, 0) is 43.7 Å². The third-order valence-electron chi connectivity index (χ3n) is 2.63. The summed E-state index contributed by atoms with van der Waals surface area (Å²) in [5.41, 5.74) is 0.967. The molecule has 0 bridgehead atoms. The van der Waals surface area contributed by atoms with E-state index < -0.39 is 12.6 Å². The molecule has 1 aromatic carbocycles. The molecular formula is C12H14Br2F3N. The molecule has 6 heteroatoms. The van der Waals surface area contributed by atoms with Crippen LogP contribution in [0.2, 0.25) is 0 Å². The lowest BCUT2D eigenvalue weighted by Gasteiger charge is -2.19. The third kappa shape index (κ3) is 5.28. The first-order valence-corrected chi connectivity index (χ1v) is 7.11. The summed E-state index contributed by atoms with van der Waals surface area (Å²) in [6, 6.07) is 5.60. The highest BCUT2D eigenvalue weighted by atomic mass is 79.9. The molecule has 0 saturated heterocycles. The smallest absolute Gasteiger partial charge is 0.313 e. The van der Waals surface area contributed by atoms with Crippen LogP contribution in [0.5, 0.6) is 0 Å². The average Bonchev–Trinajstić information content (AvgIpc) is 2.27. The van der Waals surface area contributed by atoms with Crippen LogP contribution in [0.3, 0.4) is 0 Å². The van der Waals surface area contributed by atoms with Crippen molar-refractivity contribution in [2.75, 3.05) is 7.05 Å². The van der Waals surface area contributed by atoms with Gasteiger partial charge in [-0.1, -0.05) is 31.9 Å². The van der Waals surface area contributed by atoms with Crippen LogP contribution < -0.4 is 5.32 Å². The van der Waals surface area contributed by atoms with Crippen LogP contribution in [0, 0.1) is 0 Å². The van der Waals surface area contributed by atoms with Crippen molar-refractivity contribution in [3.8, 4) is 0 Å². The zero-order valence-corrected chi connectivity index (χ0v) is 13.0. The normalized spacial score (nSPS) is 13.7. The fraction of sp³-hybridized carbons (Fsp3) is 0.500. The van der Waals surface area contributed by atoms with Gasteiger partial charge in [0, 0.05) is 21.4 Å². The molecule has 1 aromatic rings. The highest BCUT2D eigenvalue weighted by molar-refractivity contribution is 9.11.